The van der Waals surface area contributed by atoms with Crippen LogP contribution in [0.15, 0.2) is 47.6 Å². The Hall–Kier alpha value is -2.40. The van der Waals surface area contributed by atoms with Crippen molar-refractivity contribution < 1.29 is 26.3 Å². The van der Waals surface area contributed by atoms with E-state index in [0.29, 0.717) is 25.5 Å². The molecule has 1 fully saturated rings. The summed E-state index contributed by atoms with van der Waals surface area (Å²) in [6.45, 7) is 1.12. The second-order valence-corrected chi connectivity index (χ2v) is 7.69. The van der Waals surface area contributed by atoms with Crippen LogP contribution in [0, 0.1) is 0 Å². The van der Waals surface area contributed by atoms with Crippen LogP contribution in [0.25, 0.3) is 0 Å². The van der Waals surface area contributed by atoms with Crippen LogP contribution in [-0.2, 0) is 10.0 Å². The van der Waals surface area contributed by atoms with Gasteiger partial charge in [-0.1, -0.05) is 0 Å². The van der Waals surface area contributed by atoms with Crippen LogP contribution in [-0.4, -0.2) is 43.9 Å². The summed E-state index contributed by atoms with van der Waals surface area (Å²) in [5.74, 6) is 0.0431. The fraction of sp³-hybridized carbons (Fsp3) is 0.375. The number of nitrogens with zero attached hydrogens (tertiary/aromatic N) is 3. The van der Waals surface area contributed by atoms with E-state index in [9.17, 15) is 21.6 Å². The normalized spacial score (nSPS) is 18.3. The van der Waals surface area contributed by atoms with Gasteiger partial charge in [-0.3, -0.25) is 0 Å². The minimum atomic E-state index is -4.83. The van der Waals surface area contributed by atoms with Gasteiger partial charge in [-0.05, 0) is 43.2 Å². The van der Waals surface area contributed by atoms with Gasteiger partial charge in [0.1, 0.15) is 5.75 Å². The Labute approximate surface area is 154 Å². The monoisotopic (exact) mass is 402 g/mol. The molecule has 0 aliphatic carbocycles. The number of rotatable bonds is 5. The summed E-state index contributed by atoms with van der Waals surface area (Å²) in [5, 5.41) is 0. The Morgan fingerprint density at radius 2 is 1.81 bits per heavy atom. The fourth-order valence-electron chi connectivity index (χ4n) is 2.82. The summed E-state index contributed by atoms with van der Waals surface area (Å²) in [4.78, 5) is 10.1. The van der Waals surface area contributed by atoms with E-state index in [1.807, 2.05) is 4.90 Å². The number of nitrogens with one attached hydrogen (secondary N) is 1. The summed E-state index contributed by atoms with van der Waals surface area (Å²) in [5.41, 5.74) is 0. The first-order valence-electron chi connectivity index (χ1n) is 8.13. The molecule has 1 unspecified atom stereocenters. The van der Waals surface area contributed by atoms with E-state index in [-0.39, 0.29) is 10.9 Å². The molecule has 1 aliphatic heterocycles. The molecule has 1 saturated heterocycles. The molecule has 11 heteroatoms. The van der Waals surface area contributed by atoms with Crippen molar-refractivity contribution in [3.05, 3.63) is 42.7 Å². The van der Waals surface area contributed by atoms with E-state index >= 15 is 0 Å². The van der Waals surface area contributed by atoms with Crippen molar-refractivity contribution in [1.82, 2.24) is 14.7 Å². The molecular formula is C16H17F3N4O3S. The third-order valence-corrected chi connectivity index (χ3v) is 5.48. The van der Waals surface area contributed by atoms with Crippen molar-refractivity contribution in [2.75, 3.05) is 18.0 Å². The van der Waals surface area contributed by atoms with Gasteiger partial charge >= 0.3 is 6.36 Å². The van der Waals surface area contributed by atoms with E-state index in [4.69, 9.17) is 0 Å². The molecule has 146 valence electrons. The van der Waals surface area contributed by atoms with Gasteiger partial charge in [-0.2, -0.15) is 0 Å². The molecule has 1 aromatic heterocycles. The largest absolute Gasteiger partial charge is 0.573 e. The highest BCUT2D eigenvalue weighted by molar-refractivity contribution is 7.89. The van der Waals surface area contributed by atoms with E-state index in [2.05, 4.69) is 19.4 Å². The summed E-state index contributed by atoms with van der Waals surface area (Å²) < 4.78 is 68.0. The topological polar surface area (TPSA) is 84.4 Å². The molecule has 1 aromatic carbocycles. The Bertz CT molecular complexity index is 861. The maximum absolute atomic E-state index is 12.5. The van der Waals surface area contributed by atoms with Crippen LogP contribution >= 0.6 is 0 Å². The lowest BCUT2D eigenvalue weighted by Crippen LogP contribution is -2.48. The second kappa shape index (κ2) is 7.69. The van der Waals surface area contributed by atoms with E-state index < -0.39 is 22.1 Å². The van der Waals surface area contributed by atoms with Gasteiger partial charge in [0.05, 0.1) is 4.90 Å². The van der Waals surface area contributed by atoms with Crippen LogP contribution in [0.4, 0.5) is 19.1 Å². The quantitative estimate of drug-likeness (QED) is 0.826. The van der Waals surface area contributed by atoms with E-state index in [1.54, 1.807) is 18.5 Å². The van der Waals surface area contributed by atoms with Gasteiger partial charge in [0.25, 0.3) is 0 Å². The summed E-state index contributed by atoms with van der Waals surface area (Å²) >= 11 is 0. The highest BCUT2D eigenvalue weighted by Crippen LogP contribution is 2.24. The first kappa shape index (κ1) is 19.4. The highest BCUT2D eigenvalue weighted by Gasteiger charge is 2.31. The SMILES string of the molecule is O=S(=O)(NC1CCCN(c2ncccn2)C1)c1ccc(OC(F)(F)F)cc1. The standard InChI is InChI=1S/C16H17F3N4O3S/c17-16(18,19)26-13-4-6-14(7-5-13)27(24,25)22-12-3-1-10-23(11-12)15-20-8-2-9-21-15/h2,4-9,12,22H,1,3,10-11H2. The van der Waals surface area contributed by atoms with Gasteiger partial charge in [0.15, 0.2) is 0 Å². The maximum atomic E-state index is 12.5. The molecule has 27 heavy (non-hydrogen) atoms. The molecule has 7 nitrogen and oxygen atoms in total. The maximum Gasteiger partial charge on any atom is 0.573 e. The van der Waals surface area contributed by atoms with Crippen LogP contribution in [0.5, 0.6) is 5.75 Å². The molecule has 1 atom stereocenters. The molecule has 0 saturated carbocycles. The number of piperidine rings is 1. The second-order valence-electron chi connectivity index (χ2n) is 5.97. The van der Waals surface area contributed by atoms with Gasteiger partial charge < -0.3 is 9.64 Å². The zero-order chi connectivity index (χ0) is 19.5. The van der Waals surface area contributed by atoms with Crippen LogP contribution in [0.3, 0.4) is 0 Å². The molecular weight excluding hydrogens is 385 g/mol. The number of benzene rings is 1. The summed E-state index contributed by atoms with van der Waals surface area (Å²) in [6.07, 6.45) is -0.216. The first-order chi connectivity index (χ1) is 12.7. The van der Waals surface area contributed by atoms with Gasteiger partial charge in [0.2, 0.25) is 16.0 Å². The predicted molar refractivity (Wildman–Crippen MR) is 90.7 cm³/mol. The van der Waals surface area contributed by atoms with Gasteiger partial charge in [0, 0.05) is 31.5 Å². The van der Waals surface area contributed by atoms with Crippen molar-refractivity contribution in [2.45, 2.75) is 30.1 Å². The third kappa shape index (κ3) is 5.30. The number of halogens is 3. The van der Waals surface area contributed by atoms with Crippen molar-refractivity contribution in [2.24, 2.45) is 0 Å². The van der Waals surface area contributed by atoms with Crippen molar-refractivity contribution >= 4 is 16.0 Å². The van der Waals surface area contributed by atoms with E-state index in [1.165, 1.54) is 0 Å². The minimum Gasteiger partial charge on any atom is -0.406 e. The molecule has 0 radical (unpaired) electrons. The lowest BCUT2D eigenvalue weighted by atomic mass is 10.1. The van der Waals surface area contributed by atoms with Crippen molar-refractivity contribution in [3.8, 4) is 5.75 Å². The van der Waals surface area contributed by atoms with Crippen LogP contribution < -0.4 is 14.4 Å². The highest BCUT2D eigenvalue weighted by atomic mass is 32.2. The molecule has 0 bridgehead atoms. The molecule has 3 rings (SSSR count). The zero-order valence-corrected chi connectivity index (χ0v) is 14.9. The predicted octanol–water partition coefficient (Wildman–Crippen LogP) is 2.32. The van der Waals surface area contributed by atoms with Crippen LogP contribution in [0.1, 0.15) is 12.8 Å². The number of aromatic nitrogens is 2. The third-order valence-electron chi connectivity index (χ3n) is 3.95. The number of ether oxygens (including phenoxy) is 1. The van der Waals surface area contributed by atoms with Crippen LogP contribution in [0.2, 0.25) is 0 Å². The first-order valence-corrected chi connectivity index (χ1v) is 9.61. The number of hydrogen-bond donors (Lipinski definition) is 1. The van der Waals surface area contributed by atoms with Crippen molar-refractivity contribution in [3.63, 3.8) is 0 Å². The van der Waals surface area contributed by atoms with E-state index in [0.717, 1.165) is 30.7 Å². The lowest BCUT2D eigenvalue weighted by molar-refractivity contribution is -0.274. The minimum absolute atomic E-state index is 0.134. The Morgan fingerprint density at radius 3 is 2.44 bits per heavy atom. The number of sulfonamides is 1. The number of anilines is 1. The fourth-order valence-corrected chi connectivity index (χ4v) is 4.08. The number of hydrogen-bond acceptors (Lipinski definition) is 6. The van der Waals surface area contributed by atoms with Crippen molar-refractivity contribution in [1.29, 1.82) is 0 Å². The zero-order valence-electron chi connectivity index (χ0n) is 14.1. The molecule has 1 aliphatic rings. The Balaban J connectivity index is 1.67. The molecule has 2 aromatic rings. The summed E-state index contributed by atoms with van der Waals surface area (Å²) in [7, 11) is -3.88. The Kier molecular flexibility index (Phi) is 5.51. The molecule has 0 spiro atoms. The van der Waals surface area contributed by atoms with Gasteiger partial charge in [-0.25, -0.2) is 23.1 Å². The smallest absolute Gasteiger partial charge is 0.406 e. The van der Waals surface area contributed by atoms with Gasteiger partial charge in [-0.15, -0.1) is 13.2 Å². The lowest BCUT2D eigenvalue weighted by Gasteiger charge is -2.32. The number of alkyl halides is 3. The average Bonchev–Trinajstić information content (AvgIpc) is 2.61. The molecule has 2 heterocycles. The Morgan fingerprint density at radius 1 is 1.15 bits per heavy atom. The summed E-state index contributed by atoms with van der Waals surface area (Å²) in [6, 6.07) is 5.41. The molecule has 1 N–H and O–H groups in total. The molecule has 0 amide bonds. The average molecular weight is 402 g/mol.